The van der Waals surface area contributed by atoms with Crippen molar-refractivity contribution in [1.29, 1.82) is 0 Å². The zero-order valence-electron chi connectivity index (χ0n) is 14.0. The van der Waals surface area contributed by atoms with E-state index >= 15 is 0 Å². The molecular weight excluding hydrogens is 338 g/mol. The standard InChI is InChI=1S/C17H21N5O2S/c1-13(15(23)20-16-18-7-12-25-16)19-17(24)22-10-8-21(9-11-22)14-5-3-2-4-6-14/h2-7,12-13H,8-11H2,1H3,(H,19,24)(H,18,20,23)/t13-/m1/s1. The number of piperazine rings is 1. The summed E-state index contributed by atoms with van der Waals surface area (Å²) in [4.78, 5) is 32.4. The van der Waals surface area contributed by atoms with Crippen molar-refractivity contribution in [2.45, 2.75) is 13.0 Å². The third kappa shape index (κ3) is 4.48. The summed E-state index contributed by atoms with van der Waals surface area (Å²) in [5.41, 5.74) is 1.17. The summed E-state index contributed by atoms with van der Waals surface area (Å²) in [7, 11) is 0. The quantitative estimate of drug-likeness (QED) is 0.875. The minimum absolute atomic E-state index is 0.213. The maximum absolute atomic E-state index is 12.4. The van der Waals surface area contributed by atoms with Crippen LogP contribution in [0.15, 0.2) is 41.9 Å². The van der Waals surface area contributed by atoms with Gasteiger partial charge in [-0.05, 0) is 19.1 Å². The van der Waals surface area contributed by atoms with E-state index in [1.54, 1.807) is 23.4 Å². The maximum Gasteiger partial charge on any atom is 0.318 e. The molecule has 1 saturated heterocycles. The van der Waals surface area contributed by atoms with Crippen LogP contribution in [-0.2, 0) is 4.79 Å². The van der Waals surface area contributed by atoms with Gasteiger partial charge in [-0.2, -0.15) is 0 Å². The maximum atomic E-state index is 12.4. The Kier molecular flexibility index (Phi) is 5.49. The first-order valence-electron chi connectivity index (χ1n) is 8.19. The summed E-state index contributed by atoms with van der Waals surface area (Å²) in [5.74, 6) is -0.272. The molecule has 2 heterocycles. The second-order valence-corrected chi connectivity index (χ2v) is 6.70. The largest absolute Gasteiger partial charge is 0.368 e. The second-order valence-electron chi connectivity index (χ2n) is 5.81. The fraction of sp³-hybridized carbons (Fsp3) is 0.353. The summed E-state index contributed by atoms with van der Waals surface area (Å²) in [6.07, 6.45) is 1.62. The van der Waals surface area contributed by atoms with Crippen LogP contribution in [0.25, 0.3) is 0 Å². The number of nitrogens with zero attached hydrogens (tertiary/aromatic N) is 3. The Labute approximate surface area is 150 Å². The van der Waals surface area contributed by atoms with Crippen molar-refractivity contribution in [3.8, 4) is 0 Å². The number of para-hydroxylation sites is 1. The first-order valence-corrected chi connectivity index (χ1v) is 9.07. The molecule has 3 amide bonds. The summed E-state index contributed by atoms with van der Waals surface area (Å²) < 4.78 is 0. The van der Waals surface area contributed by atoms with Crippen molar-refractivity contribution in [1.82, 2.24) is 15.2 Å². The van der Waals surface area contributed by atoms with Crippen molar-refractivity contribution < 1.29 is 9.59 Å². The third-order valence-corrected chi connectivity index (χ3v) is 4.77. The highest BCUT2D eigenvalue weighted by molar-refractivity contribution is 7.13. The predicted molar refractivity (Wildman–Crippen MR) is 99.0 cm³/mol. The van der Waals surface area contributed by atoms with Crippen LogP contribution < -0.4 is 15.5 Å². The number of benzene rings is 1. The van der Waals surface area contributed by atoms with E-state index in [2.05, 4.69) is 32.7 Å². The molecule has 0 aliphatic carbocycles. The van der Waals surface area contributed by atoms with Crippen molar-refractivity contribution in [3.05, 3.63) is 41.9 Å². The minimum Gasteiger partial charge on any atom is -0.368 e. The number of hydrogen-bond acceptors (Lipinski definition) is 5. The molecule has 25 heavy (non-hydrogen) atoms. The summed E-state index contributed by atoms with van der Waals surface area (Å²) in [5, 5.41) is 7.75. The number of carbonyl (C=O) groups is 2. The number of aromatic nitrogens is 1. The predicted octanol–water partition coefficient (Wildman–Crippen LogP) is 2.00. The molecule has 0 saturated carbocycles. The Morgan fingerprint density at radius 2 is 1.88 bits per heavy atom. The lowest BCUT2D eigenvalue weighted by Crippen LogP contribution is -2.54. The van der Waals surface area contributed by atoms with E-state index in [-0.39, 0.29) is 11.9 Å². The van der Waals surface area contributed by atoms with Gasteiger partial charge in [0.25, 0.3) is 0 Å². The van der Waals surface area contributed by atoms with Gasteiger partial charge in [0, 0.05) is 43.4 Å². The molecule has 0 radical (unpaired) electrons. The molecule has 1 atom stereocenters. The third-order valence-electron chi connectivity index (χ3n) is 4.08. The van der Waals surface area contributed by atoms with Crippen molar-refractivity contribution in [2.24, 2.45) is 0 Å². The molecule has 2 aromatic rings. The number of hydrogen-bond donors (Lipinski definition) is 2. The average molecular weight is 359 g/mol. The van der Waals surface area contributed by atoms with Crippen LogP contribution in [0.2, 0.25) is 0 Å². The van der Waals surface area contributed by atoms with Crippen LogP contribution in [0.3, 0.4) is 0 Å². The number of thiazole rings is 1. The van der Waals surface area contributed by atoms with Gasteiger partial charge in [0.1, 0.15) is 6.04 Å². The van der Waals surface area contributed by atoms with E-state index in [0.717, 1.165) is 13.1 Å². The van der Waals surface area contributed by atoms with Gasteiger partial charge >= 0.3 is 6.03 Å². The Balaban J connectivity index is 1.46. The average Bonchev–Trinajstić information content (AvgIpc) is 3.15. The van der Waals surface area contributed by atoms with Crippen LogP contribution in [0, 0.1) is 0 Å². The van der Waals surface area contributed by atoms with E-state index in [1.807, 2.05) is 18.2 Å². The Hall–Kier alpha value is -2.61. The normalized spacial score (nSPS) is 15.6. The first-order chi connectivity index (χ1) is 12.1. The number of rotatable bonds is 4. The molecular formula is C17H21N5O2S. The fourth-order valence-electron chi connectivity index (χ4n) is 2.65. The lowest BCUT2D eigenvalue weighted by molar-refractivity contribution is -0.117. The zero-order valence-corrected chi connectivity index (χ0v) is 14.8. The van der Waals surface area contributed by atoms with Crippen LogP contribution in [-0.4, -0.2) is 54.0 Å². The van der Waals surface area contributed by atoms with Gasteiger partial charge in [-0.25, -0.2) is 9.78 Å². The summed E-state index contributed by atoms with van der Waals surface area (Å²) in [6.45, 7) is 4.47. The number of urea groups is 1. The molecule has 3 rings (SSSR count). The smallest absolute Gasteiger partial charge is 0.318 e. The van der Waals surface area contributed by atoms with E-state index in [0.29, 0.717) is 18.2 Å². The van der Waals surface area contributed by atoms with Crippen molar-refractivity contribution >= 4 is 34.1 Å². The topological polar surface area (TPSA) is 77.6 Å². The number of amides is 3. The SMILES string of the molecule is C[C@@H](NC(=O)N1CCN(c2ccccc2)CC1)C(=O)Nc1nccs1. The van der Waals surface area contributed by atoms with Gasteiger partial charge < -0.3 is 20.4 Å². The van der Waals surface area contributed by atoms with Crippen LogP contribution in [0.5, 0.6) is 0 Å². The minimum atomic E-state index is -0.622. The molecule has 132 valence electrons. The number of carbonyl (C=O) groups excluding carboxylic acids is 2. The van der Waals surface area contributed by atoms with Crippen molar-refractivity contribution in [3.63, 3.8) is 0 Å². The highest BCUT2D eigenvalue weighted by Gasteiger charge is 2.24. The first kappa shape index (κ1) is 17.2. The highest BCUT2D eigenvalue weighted by Crippen LogP contribution is 2.15. The van der Waals surface area contributed by atoms with Gasteiger partial charge in [0.15, 0.2) is 5.13 Å². The fourth-order valence-corrected chi connectivity index (χ4v) is 3.18. The molecule has 7 nitrogen and oxygen atoms in total. The van der Waals surface area contributed by atoms with E-state index < -0.39 is 6.04 Å². The van der Waals surface area contributed by atoms with Gasteiger partial charge in [-0.1, -0.05) is 18.2 Å². The molecule has 2 N–H and O–H groups in total. The van der Waals surface area contributed by atoms with Crippen LogP contribution in [0.4, 0.5) is 15.6 Å². The van der Waals surface area contributed by atoms with E-state index in [1.165, 1.54) is 17.0 Å². The van der Waals surface area contributed by atoms with Crippen LogP contribution in [0.1, 0.15) is 6.92 Å². The molecule has 1 aromatic carbocycles. The molecule has 8 heteroatoms. The van der Waals surface area contributed by atoms with Crippen LogP contribution >= 0.6 is 11.3 Å². The molecule has 1 aliphatic rings. The Morgan fingerprint density at radius 1 is 1.16 bits per heavy atom. The van der Waals surface area contributed by atoms with Crippen molar-refractivity contribution in [2.75, 3.05) is 36.4 Å². The van der Waals surface area contributed by atoms with E-state index in [9.17, 15) is 9.59 Å². The second kappa shape index (κ2) is 7.98. The summed E-state index contributed by atoms with van der Waals surface area (Å²) in [6, 6.07) is 9.32. The number of nitrogens with one attached hydrogen (secondary N) is 2. The van der Waals surface area contributed by atoms with Gasteiger partial charge in [0.05, 0.1) is 0 Å². The number of anilines is 2. The highest BCUT2D eigenvalue weighted by atomic mass is 32.1. The molecule has 0 spiro atoms. The van der Waals surface area contributed by atoms with Gasteiger partial charge in [0.2, 0.25) is 5.91 Å². The molecule has 0 bridgehead atoms. The molecule has 1 aliphatic heterocycles. The molecule has 1 aromatic heterocycles. The van der Waals surface area contributed by atoms with E-state index in [4.69, 9.17) is 0 Å². The molecule has 1 fully saturated rings. The summed E-state index contributed by atoms with van der Waals surface area (Å²) >= 11 is 1.34. The molecule has 0 unspecified atom stereocenters. The van der Waals surface area contributed by atoms with Gasteiger partial charge in [-0.15, -0.1) is 11.3 Å². The lowest BCUT2D eigenvalue weighted by atomic mass is 10.2. The Bertz CT molecular complexity index is 699. The Morgan fingerprint density at radius 3 is 2.52 bits per heavy atom. The zero-order chi connectivity index (χ0) is 17.6. The lowest BCUT2D eigenvalue weighted by Gasteiger charge is -2.36. The van der Waals surface area contributed by atoms with Gasteiger partial charge in [-0.3, -0.25) is 4.79 Å². The monoisotopic (exact) mass is 359 g/mol.